The Bertz CT molecular complexity index is 233. The molecule has 0 spiro atoms. The largest absolute Gasteiger partial charge is 0.152 e. The molecule has 0 amide bonds. The van der Waals surface area contributed by atoms with Gasteiger partial charge in [0.25, 0.3) is 0 Å². The molecule has 0 fully saturated rings. The Balaban J connectivity index is 2.16. The lowest BCUT2D eigenvalue weighted by atomic mass is 9.91. The lowest BCUT2D eigenvalue weighted by Crippen LogP contribution is -1.96. The van der Waals surface area contributed by atoms with Crippen LogP contribution in [0.5, 0.6) is 0 Å². The van der Waals surface area contributed by atoms with Crippen LogP contribution in [0.25, 0.3) is 0 Å². The molecule has 0 N–H and O–H groups in total. The molecule has 0 saturated carbocycles. The maximum Gasteiger partial charge on any atom is 0.00263 e. The SMILES string of the molecule is C1=C[C@@H](c2ccsc2)CCC1. The number of hydrogen-bond donors (Lipinski definition) is 0. The highest BCUT2D eigenvalue weighted by atomic mass is 32.1. The molecular formula is C10H12S. The molecule has 0 unspecified atom stereocenters. The highest BCUT2D eigenvalue weighted by Crippen LogP contribution is 2.28. The number of hydrogen-bond acceptors (Lipinski definition) is 1. The van der Waals surface area contributed by atoms with Crippen LogP contribution in [0.15, 0.2) is 29.0 Å². The van der Waals surface area contributed by atoms with Crippen molar-refractivity contribution in [1.82, 2.24) is 0 Å². The minimum Gasteiger partial charge on any atom is -0.152 e. The van der Waals surface area contributed by atoms with Crippen molar-refractivity contribution in [2.24, 2.45) is 0 Å². The zero-order valence-corrected chi connectivity index (χ0v) is 7.31. The van der Waals surface area contributed by atoms with E-state index in [0.29, 0.717) is 0 Å². The van der Waals surface area contributed by atoms with Gasteiger partial charge in [0.15, 0.2) is 0 Å². The van der Waals surface area contributed by atoms with E-state index < -0.39 is 0 Å². The molecule has 1 atom stereocenters. The molecule has 1 aromatic heterocycles. The third kappa shape index (κ3) is 1.54. The first kappa shape index (κ1) is 7.11. The zero-order valence-electron chi connectivity index (χ0n) is 6.49. The van der Waals surface area contributed by atoms with E-state index in [4.69, 9.17) is 0 Å². The van der Waals surface area contributed by atoms with Crippen LogP contribution in [0.2, 0.25) is 0 Å². The predicted octanol–water partition coefficient (Wildman–Crippen LogP) is 3.57. The minimum atomic E-state index is 0.718. The summed E-state index contributed by atoms with van der Waals surface area (Å²) in [6.45, 7) is 0. The van der Waals surface area contributed by atoms with Crippen LogP contribution in [0.3, 0.4) is 0 Å². The molecule has 1 aliphatic rings. The van der Waals surface area contributed by atoms with Gasteiger partial charge in [-0.25, -0.2) is 0 Å². The molecule has 0 aliphatic heterocycles. The van der Waals surface area contributed by atoms with Crippen molar-refractivity contribution in [2.75, 3.05) is 0 Å². The zero-order chi connectivity index (χ0) is 7.52. The summed E-state index contributed by atoms with van der Waals surface area (Å²) in [7, 11) is 0. The first-order valence-corrected chi connectivity index (χ1v) is 5.10. The van der Waals surface area contributed by atoms with Gasteiger partial charge >= 0.3 is 0 Å². The minimum absolute atomic E-state index is 0.718. The van der Waals surface area contributed by atoms with Crippen molar-refractivity contribution in [2.45, 2.75) is 25.2 Å². The van der Waals surface area contributed by atoms with Gasteiger partial charge in [-0.3, -0.25) is 0 Å². The van der Waals surface area contributed by atoms with Crippen molar-refractivity contribution < 1.29 is 0 Å². The van der Waals surface area contributed by atoms with Gasteiger partial charge < -0.3 is 0 Å². The van der Waals surface area contributed by atoms with Crippen LogP contribution in [-0.2, 0) is 0 Å². The molecule has 2 rings (SSSR count). The summed E-state index contributed by atoms with van der Waals surface area (Å²) in [5.74, 6) is 0.718. The Labute approximate surface area is 71.6 Å². The Morgan fingerprint density at radius 3 is 3.09 bits per heavy atom. The topological polar surface area (TPSA) is 0 Å². The monoisotopic (exact) mass is 164 g/mol. The molecule has 0 aromatic carbocycles. The second kappa shape index (κ2) is 3.22. The second-order valence-corrected chi connectivity index (χ2v) is 3.80. The van der Waals surface area contributed by atoms with Crippen molar-refractivity contribution in [3.05, 3.63) is 34.5 Å². The molecule has 58 valence electrons. The predicted molar refractivity (Wildman–Crippen MR) is 50.1 cm³/mol. The van der Waals surface area contributed by atoms with Crippen LogP contribution in [0.4, 0.5) is 0 Å². The first-order valence-electron chi connectivity index (χ1n) is 4.15. The van der Waals surface area contributed by atoms with Gasteiger partial charge in [0.05, 0.1) is 0 Å². The van der Waals surface area contributed by atoms with Gasteiger partial charge in [0, 0.05) is 5.92 Å². The average molecular weight is 164 g/mol. The highest BCUT2D eigenvalue weighted by molar-refractivity contribution is 7.07. The highest BCUT2D eigenvalue weighted by Gasteiger charge is 2.09. The van der Waals surface area contributed by atoms with E-state index >= 15 is 0 Å². The second-order valence-electron chi connectivity index (χ2n) is 3.02. The van der Waals surface area contributed by atoms with Crippen LogP contribution < -0.4 is 0 Å². The van der Waals surface area contributed by atoms with E-state index in [1.165, 1.54) is 24.8 Å². The average Bonchev–Trinajstić information content (AvgIpc) is 2.58. The third-order valence-electron chi connectivity index (χ3n) is 2.23. The summed E-state index contributed by atoms with van der Waals surface area (Å²) in [5, 5.41) is 4.43. The number of allylic oxidation sites excluding steroid dienone is 2. The van der Waals surface area contributed by atoms with Crippen LogP contribution >= 0.6 is 11.3 Å². The standard InChI is InChI=1S/C10H12S/c1-2-4-9(5-3-1)10-6-7-11-8-10/h2,4,6-9H,1,3,5H2/t9-/m1/s1. The lowest BCUT2D eigenvalue weighted by Gasteiger charge is -2.14. The van der Waals surface area contributed by atoms with E-state index in [2.05, 4.69) is 29.0 Å². The molecule has 1 aromatic rings. The van der Waals surface area contributed by atoms with E-state index in [1.54, 1.807) is 11.3 Å². The Morgan fingerprint density at radius 2 is 2.45 bits per heavy atom. The van der Waals surface area contributed by atoms with Crippen LogP contribution in [-0.4, -0.2) is 0 Å². The molecule has 0 saturated heterocycles. The summed E-state index contributed by atoms with van der Waals surface area (Å²) in [6, 6.07) is 2.24. The van der Waals surface area contributed by atoms with E-state index in [-0.39, 0.29) is 0 Å². The van der Waals surface area contributed by atoms with E-state index in [1.807, 2.05) is 0 Å². The molecular weight excluding hydrogens is 152 g/mol. The molecule has 0 radical (unpaired) electrons. The van der Waals surface area contributed by atoms with Crippen molar-refractivity contribution >= 4 is 11.3 Å². The summed E-state index contributed by atoms with van der Waals surface area (Å²) in [4.78, 5) is 0. The Morgan fingerprint density at radius 1 is 1.45 bits per heavy atom. The van der Waals surface area contributed by atoms with E-state index in [9.17, 15) is 0 Å². The van der Waals surface area contributed by atoms with Crippen molar-refractivity contribution in [3.63, 3.8) is 0 Å². The van der Waals surface area contributed by atoms with Gasteiger partial charge in [-0.2, -0.15) is 11.3 Å². The third-order valence-corrected chi connectivity index (χ3v) is 2.93. The quantitative estimate of drug-likeness (QED) is 0.557. The summed E-state index contributed by atoms with van der Waals surface area (Å²) >= 11 is 1.80. The molecule has 1 heterocycles. The first-order chi connectivity index (χ1) is 5.47. The van der Waals surface area contributed by atoms with E-state index in [0.717, 1.165) is 5.92 Å². The van der Waals surface area contributed by atoms with Crippen molar-refractivity contribution in [3.8, 4) is 0 Å². The lowest BCUT2D eigenvalue weighted by molar-refractivity contribution is 0.656. The van der Waals surface area contributed by atoms with Gasteiger partial charge in [-0.15, -0.1) is 0 Å². The summed E-state index contributed by atoms with van der Waals surface area (Å²) in [6.07, 6.45) is 8.64. The normalized spacial score (nSPS) is 23.8. The van der Waals surface area contributed by atoms with Crippen molar-refractivity contribution in [1.29, 1.82) is 0 Å². The van der Waals surface area contributed by atoms with Gasteiger partial charge in [0.2, 0.25) is 0 Å². The molecule has 1 aliphatic carbocycles. The van der Waals surface area contributed by atoms with Gasteiger partial charge in [-0.05, 0) is 41.7 Å². The smallest absolute Gasteiger partial charge is 0.00263 e. The van der Waals surface area contributed by atoms with Crippen LogP contribution in [0, 0.1) is 0 Å². The maximum absolute atomic E-state index is 2.35. The van der Waals surface area contributed by atoms with Gasteiger partial charge in [-0.1, -0.05) is 12.2 Å². The fourth-order valence-corrected chi connectivity index (χ4v) is 2.30. The Kier molecular flexibility index (Phi) is 2.08. The summed E-state index contributed by atoms with van der Waals surface area (Å²) in [5.41, 5.74) is 1.51. The number of rotatable bonds is 1. The molecule has 0 nitrogen and oxygen atoms in total. The molecule has 11 heavy (non-hydrogen) atoms. The maximum atomic E-state index is 2.35. The number of thiophene rings is 1. The molecule has 1 heteroatoms. The van der Waals surface area contributed by atoms with Crippen LogP contribution in [0.1, 0.15) is 30.7 Å². The summed E-state index contributed by atoms with van der Waals surface area (Å²) < 4.78 is 0. The fourth-order valence-electron chi connectivity index (χ4n) is 1.58. The molecule has 0 bridgehead atoms. The fraction of sp³-hybridized carbons (Fsp3) is 0.400. The van der Waals surface area contributed by atoms with Gasteiger partial charge in [0.1, 0.15) is 0 Å². The Hall–Kier alpha value is -0.560.